The number of carbonyl (C=O) groups is 1. The van der Waals surface area contributed by atoms with Crippen LogP contribution in [0.1, 0.15) is 27.2 Å². The van der Waals surface area contributed by atoms with E-state index in [1.165, 1.54) is 6.20 Å². The van der Waals surface area contributed by atoms with Gasteiger partial charge in [-0.15, -0.1) is 0 Å². The number of nitrogens with one attached hydrogen (secondary N) is 1. The van der Waals surface area contributed by atoms with Crippen LogP contribution in [0.25, 0.3) is 4.85 Å². The van der Waals surface area contributed by atoms with Crippen LogP contribution in [-0.4, -0.2) is 41.3 Å². The highest BCUT2D eigenvalue weighted by Crippen LogP contribution is 2.30. The van der Waals surface area contributed by atoms with Gasteiger partial charge >= 0.3 is 6.09 Å². The number of anilines is 1. The number of alkyl carbamates (subject to hydrolysis) is 1. The van der Waals surface area contributed by atoms with Crippen LogP contribution in [0, 0.1) is 12.5 Å². The number of carbonyl (C=O) groups excluding carboxylic acids is 1. The fourth-order valence-corrected chi connectivity index (χ4v) is 2.52. The molecule has 0 bridgehead atoms. The first-order chi connectivity index (χ1) is 10.8. The van der Waals surface area contributed by atoms with Crippen LogP contribution in [0.15, 0.2) is 6.20 Å². The van der Waals surface area contributed by atoms with Crippen LogP contribution in [-0.2, 0) is 4.74 Å². The van der Waals surface area contributed by atoms with E-state index in [0.29, 0.717) is 24.6 Å². The second-order valence-corrected chi connectivity index (χ2v) is 6.78. The van der Waals surface area contributed by atoms with Gasteiger partial charge in [-0.2, -0.15) is 0 Å². The van der Waals surface area contributed by atoms with Crippen molar-refractivity contribution in [1.29, 1.82) is 0 Å². The first-order valence-electron chi connectivity index (χ1n) is 7.40. The Hall–Kier alpha value is -2.07. The molecule has 1 fully saturated rings. The topological polar surface area (TPSA) is 71.7 Å². The molecule has 23 heavy (non-hydrogen) atoms. The first-order valence-corrected chi connectivity index (χ1v) is 7.78. The van der Waals surface area contributed by atoms with Crippen molar-refractivity contribution in [3.8, 4) is 0 Å². The highest BCUT2D eigenvalue weighted by Gasteiger charge is 2.26. The lowest BCUT2D eigenvalue weighted by Crippen LogP contribution is -2.36. The van der Waals surface area contributed by atoms with Crippen LogP contribution >= 0.6 is 11.6 Å². The second-order valence-electron chi connectivity index (χ2n) is 6.44. The molecule has 1 N–H and O–H groups in total. The van der Waals surface area contributed by atoms with Crippen LogP contribution in [0.5, 0.6) is 0 Å². The molecule has 0 saturated carbocycles. The molecule has 1 atom stereocenters. The summed E-state index contributed by atoms with van der Waals surface area (Å²) in [4.78, 5) is 25.1. The van der Waals surface area contributed by atoms with Crippen LogP contribution in [0.4, 0.5) is 16.3 Å². The summed E-state index contributed by atoms with van der Waals surface area (Å²) in [6.07, 6.45) is 1.92. The second kappa shape index (κ2) is 7.01. The van der Waals surface area contributed by atoms with E-state index in [9.17, 15) is 4.79 Å². The highest BCUT2D eigenvalue weighted by molar-refractivity contribution is 6.28. The first kappa shape index (κ1) is 17.3. The molecule has 1 aromatic heterocycles. The van der Waals surface area contributed by atoms with Gasteiger partial charge in [-0.3, -0.25) is 0 Å². The van der Waals surface area contributed by atoms with Gasteiger partial charge in [0.05, 0.1) is 6.57 Å². The lowest BCUT2D eigenvalue weighted by molar-refractivity contribution is 0.0520. The lowest BCUT2D eigenvalue weighted by Gasteiger charge is -2.21. The summed E-state index contributed by atoms with van der Waals surface area (Å²) < 4.78 is 5.22. The Balaban J connectivity index is 1.91. The minimum Gasteiger partial charge on any atom is -0.444 e. The van der Waals surface area contributed by atoms with Crippen LogP contribution in [0.2, 0.25) is 5.28 Å². The third kappa shape index (κ3) is 4.96. The molecule has 1 aromatic rings. The Kier molecular flexibility index (Phi) is 5.26. The zero-order valence-electron chi connectivity index (χ0n) is 13.5. The summed E-state index contributed by atoms with van der Waals surface area (Å²) in [5, 5.41) is 2.91. The maximum absolute atomic E-state index is 11.7. The quantitative estimate of drug-likeness (QED) is 0.678. The molecule has 2 rings (SSSR count). The average molecular weight is 338 g/mol. The molecule has 7 nitrogen and oxygen atoms in total. The van der Waals surface area contributed by atoms with Gasteiger partial charge in [0, 0.05) is 25.8 Å². The van der Waals surface area contributed by atoms with Crippen molar-refractivity contribution in [2.75, 3.05) is 24.5 Å². The van der Waals surface area contributed by atoms with E-state index < -0.39 is 11.7 Å². The standard InChI is InChI=1S/C15H20ClN5O2/c1-15(2,3)23-14(22)19-7-10-5-6-21(9-10)12-11(17-4)8-18-13(16)20-12/h8,10H,5-7,9H2,1-3H3,(H,19,22). The van der Waals surface area contributed by atoms with Gasteiger partial charge < -0.3 is 15.0 Å². The summed E-state index contributed by atoms with van der Waals surface area (Å²) in [5.74, 6) is 0.828. The van der Waals surface area contributed by atoms with Crippen molar-refractivity contribution in [1.82, 2.24) is 15.3 Å². The van der Waals surface area contributed by atoms with Gasteiger partial charge in [-0.1, -0.05) is 0 Å². The molecule has 0 aliphatic carbocycles. The third-order valence-electron chi connectivity index (χ3n) is 3.36. The highest BCUT2D eigenvalue weighted by atomic mass is 35.5. The Morgan fingerprint density at radius 2 is 2.35 bits per heavy atom. The maximum atomic E-state index is 11.7. The zero-order valence-corrected chi connectivity index (χ0v) is 14.2. The van der Waals surface area contributed by atoms with E-state index in [-0.39, 0.29) is 11.2 Å². The van der Waals surface area contributed by atoms with Gasteiger partial charge in [-0.25, -0.2) is 19.6 Å². The summed E-state index contributed by atoms with van der Waals surface area (Å²) in [5.41, 5.74) is -0.122. The number of nitrogens with zero attached hydrogens (tertiary/aromatic N) is 4. The van der Waals surface area contributed by atoms with Gasteiger partial charge in [-0.05, 0) is 44.7 Å². The van der Waals surface area contributed by atoms with E-state index in [0.717, 1.165) is 13.0 Å². The molecule has 124 valence electrons. The lowest BCUT2D eigenvalue weighted by atomic mass is 10.1. The molecule has 1 saturated heterocycles. The number of rotatable bonds is 3. The van der Waals surface area contributed by atoms with E-state index in [4.69, 9.17) is 22.9 Å². The Morgan fingerprint density at radius 1 is 1.61 bits per heavy atom. The molecule has 0 radical (unpaired) electrons. The van der Waals surface area contributed by atoms with Crippen molar-refractivity contribution in [2.45, 2.75) is 32.8 Å². The number of ether oxygens (including phenoxy) is 1. The summed E-state index contributed by atoms with van der Waals surface area (Å²) in [6, 6.07) is 0. The Morgan fingerprint density at radius 3 is 3.00 bits per heavy atom. The van der Waals surface area contributed by atoms with Crippen molar-refractivity contribution in [3.05, 3.63) is 22.9 Å². The van der Waals surface area contributed by atoms with E-state index in [1.54, 1.807) is 0 Å². The molecule has 0 aromatic carbocycles. The molecule has 1 aliphatic rings. The fraction of sp³-hybridized carbons (Fsp3) is 0.600. The third-order valence-corrected chi connectivity index (χ3v) is 3.54. The predicted octanol–water partition coefficient (Wildman–Crippen LogP) is 3.03. The van der Waals surface area contributed by atoms with Crippen molar-refractivity contribution < 1.29 is 9.53 Å². The predicted molar refractivity (Wildman–Crippen MR) is 87.9 cm³/mol. The smallest absolute Gasteiger partial charge is 0.407 e. The molecular weight excluding hydrogens is 318 g/mol. The SMILES string of the molecule is [C-]#[N+]c1cnc(Cl)nc1N1CCC(CNC(=O)OC(C)(C)C)C1. The number of halogens is 1. The maximum Gasteiger partial charge on any atom is 0.407 e. The average Bonchev–Trinajstić information content (AvgIpc) is 2.92. The van der Waals surface area contributed by atoms with Gasteiger partial charge in [0.25, 0.3) is 0 Å². The molecule has 1 unspecified atom stereocenters. The van der Waals surface area contributed by atoms with E-state index >= 15 is 0 Å². The molecule has 1 aliphatic heterocycles. The minimum atomic E-state index is -0.506. The van der Waals surface area contributed by atoms with Crippen LogP contribution in [0.3, 0.4) is 0 Å². The number of hydrogen-bond donors (Lipinski definition) is 1. The fourth-order valence-electron chi connectivity index (χ4n) is 2.39. The van der Waals surface area contributed by atoms with Gasteiger partial charge in [0.15, 0.2) is 0 Å². The molecule has 1 amide bonds. The van der Waals surface area contributed by atoms with E-state index in [1.807, 2.05) is 25.7 Å². The summed E-state index contributed by atoms with van der Waals surface area (Å²) in [6.45, 7) is 14.7. The number of aromatic nitrogens is 2. The minimum absolute atomic E-state index is 0.128. The number of hydrogen-bond acceptors (Lipinski definition) is 5. The number of amides is 1. The van der Waals surface area contributed by atoms with Crippen molar-refractivity contribution in [2.24, 2.45) is 5.92 Å². The largest absolute Gasteiger partial charge is 0.444 e. The summed E-state index contributed by atoms with van der Waals surface area (Å²) >= 11 is 5.83. The normalized spacial score (nSPS) is 17.7. The monoisotopic (exact) mass is 337 g/mol. The molecule has 8 heteroatoms. The van der Waals surface area contributed by atoms with Crippen molar-refractivity contribution in [3.63, 3.8) is 0 Å². The Labute approximate surface area is 140 Å². The van der Waals surface area contributed by atoms with E-state index in [2.05, 4.69) is 20.1 Å². The molecular formula is C15H20ClN5O2. The summed E-state index contributed by atoms with van der Waals surface area (Å²) in [7, 11) is 0. The molecule has 2 heterocycles. The van der Waals surface area contributed by atoms with Gasteiger partial charge in [0.2, 0.25) is 11.0 Å². The van der Waals surface area contributed by atoms with Gasteiger partial charge in [0.1, 0.15) is 11.4 Å². The molecule has 0 spiro atoms. The Bertz CT molecular complexity index is 623. The van der Waals surface area contributed by atoms with Crippen molar-refractivity contribution >= 4 is 29.2 Å². The zero-order chi connectivity index (χ0) is 17.0. The van der Waals surface area contributed by atoms with Crippen LogP contribution < -0.4 is 10.2 Å².